The molecule has 1 fully saturated rings. The highest BCUT2D eigenvalue weighted by Crippen LogP contribution is 2.29. The molecular weight excluding hydrogens is 354 g/mol. The lowest BCUT2D eigenvalue weighted by atomic mass is 10.1. The van der Waals surface area contributed by atoms with Crippen molar-refractivity contribution in [3.8, 4) is 0 Å². The minimum absolute atomic E-state index is 0.0682. The maximum atomic E-state index is 12.5. The number of fused-ring (bicyclic) bond motifs is 1. The molecule has 0 atom stereocenters. The van der Waals surface area contributed by atoms with E-state index in [1.807, 2.05) is 37.3 Å². The fourth-order valence-corrected chi connectivity index (χ4v) is 3.85. The number of amides is 3. The molecule has 0 aliphatic carbocycles. The van der Waals surface area contributed by atoms with Crippen LogP contribution in [0.25, 0.3) is 0 Å². The van der Waals surface area contributed by atoms with Crippen molar-refractivity contribution >= 4 is 29.1 Å². The zero-order chi connectivity index (χ0) is 19.7. The van der Waals surface area contributed by atoms with Gasteiger partial charge in [0, 0.05) is 26.1 Å². The second-order valence-corrected chi connectivity index (χ2v) is 7.32. The minimum Gasteiger partial charge on any atom is -0.370 e. The van der Waals surface area contributed by atoms with Gasteiger partial charge in [-0.2, -0.15) is 0 Å². The van der Waals surface area contributed by atoms with E-state index < -0.39 is 0 Å². The fourth-order valence-electron chi connectivity index (χ4n) is 3.85. The van der Waals surface area contributed by atoms with Crippen LogP contribution in [0.15, 0.2) is 42.5 Å². The van der Waals surface area contributed by atoms with Crippen LogP contribution >= 0.6 is 0 Å². The number of rotatable bonds is 5. The first kappa shape index (κ1) is 18.2. The number of nitrogens with zero attached hydrogens (tertiary/aromatic N) is 2. The Kier molecular flexibility index (Phi) is 4.86. The second-order valence-electron chi connectivity index (χ2n) is 7.32. The SMILES string of the molecule is Cc1ccc2c(c1)C(=O)N(CCC(=O)Nc1ccccc1N1CCCC1)C2=O. The first-order valence-electron chi connectivity index (χ1n) is 9.65. The summed E-state index contributed by atoms with van der Waals surface area (Å²) >= 11 is 0. The number of aryl methyl sites for hydroxylation is 1. The lowest BCUT2D eigenvalue weighted by molar-refractivity contribution is -0.116. The predicted octanol–water partition coefficient (Wildman–Crippen LogP) is 3.22. The summed E-state index contributed by atoms with van der Waals surface area (Å²) in [6.45, 7) is 3.93. The fraction of sp³-hybridized carbons (Fsp3) is 0.318. The predicted molar refractivity (Wildman–Crippen MR) is 108 cm³/mol. The summed E-state index contributed by atoms with van der Waals surface area (Å²) in [4.78, 5) is 40.9. The molecule has 6 nitrogen and oxygen atoms in total. The minimum atomic E-state index is -0.328. The maximum absolute atomic E-state index is 12.5. The molecule has 28 heavy (non-hydrogen) atoms. The van der Waals surface area contributed by atoms with Gasteiger partial charge in [-0.1, -0.05) is 23.8 Å². The lowest BCUT2D eigenvalue weighted by Gasteiger charge is -2.21. The average Bonchev–Trinajstić information content (AvgIpc) is 3.29. The summed E-state index contributed by atoms with van der Waals surface area (Å²) in [6, 6.07) is 13.0. The molecule has 6 heteroatoms. The van der Waals surface area contributed by atoms with Gasteiger partial charge in [0.15, 0.2) is 0 Å². The van der Waals surface area contributed by atoms with Gasteiger partial charge in [0.2, 0.25) is 5.91 Å². The molecule has 0 aromatic heterocycles. The van der Waals surface area contributed by atoms with Crippen molar-refractivity contribution in [3.63, 3.8) is 0 Å². The summed E-state index contributed by atoms with van der Waals surface area (Å²) in [5.74, 6) is -0.862. The van der Waals surface area contributed by atoms with Gasteiger partial charge in [0.25, 0.3) is 11.8 Å². The summed E-state index contributed by atoms with van der Waals surface area (Å²) in [7, 11) is 0. The van der Waals surface area contributed by atoms with Crippen molar-refractivity contribution in [2.24, 2.45) is 0 Å². The second kappa shape index (κ2) is 7.46. The Morgan fingerprint density at radius 2 is 1.71 bits per heavy atom. The molecule has 2 aromatic carbocycles. The Labute approximate surface area is 164 Å². The number of hydrogen-bond donors (Lipinski definition) is 1. The zero-order valence-corrected chi connectivity index (χ0v) is 15.9. The van der Waals surface area contributed by atoms with E-state index >= 15 is 0 Å². The highest BCUT2D eigenvalue weighted by molar-refractivity contribution is 6.21. The highest BCUT2D eigenvalue weighted by atomic mass is 16.2. The van der Waals surface area contributed by atoms with E-state index in [-0.39, 0.29) is 30.7 Å². The van der Waals surface area contributed by atoms with E-state index in [0.717, 1.165) is 47.8 Å². The van der Waals surface area contributed by atoms with E-state index in [0.29, 0.717) is 11.1 Å². The number of carbonyl (C=O) groups excluding carboxylic acids is 3. The molecule has 0 bridgehead atoms. The summed E-state index contributed by atoms with van der Waals surface area (Å²) < 4.78 is 0. The number of imide groups is 1. The van der Waals surface area contributed by atoms with E-state index in [1.54, 1.807) is 12.1 Å². The van der Waals surface area contributed by atoms with Crippen molar-refractivity contribution in [2.75, 3.05) is 29.9 Å². The standard InChI is InChI=1S/C22H23N3O3/c1-15-8-9-16-17(14-15)22(28)25(21(16)27)13-10-20(26)23-18-6-2-3-7-19(18)24-11-4-5-12-24/h2-3,6-9,14H,4-5,10-13H2,1H3,(H,23,26). The molecule has 1 saturated heterocycles. The molecule has 2 aromatic rings. The van der Waals surface area contributed by atoms with Crippen molar-refractivity contribution in [1.82, 2.24) is 4.90 Å². The van der Waals surface area contributed by atoms with E-state index in [1.165, 1.54) is 0 Å². The lowest BCUT2D eigenvalue weighted by Crippen LogP contribution is -2.33. The van der Waals surface area contributed by atoms with Gasteiger partial charge >= 0.3 is 0 Å². The molecule has 4 rings (SSSR count). The van der Waals surface area contributed by atoms with Crippen LogP contribution in [-0.2, 0) is 4.79 Å². The van der Waals surface area contributed by atoms with E-state index in [4.69, 9.17) is 0 Å². The Bertz CT molecular complexity index is 948. The molecule has 0 unspecified atom stereocenters. The monoisotopic (exact) mass is 377 g/mol. The van der Waals surface area contributed by atoms with Crippen LogP contribution in [0.2, 0.25) is 0 Å². The third kappa shape index (κ3) is 3.38. The molecule has 1 N–H and O–H groups in total. The van der Waals surface area contributed by atoms with Crippen molar-refractivity contribution in [2.45, 2.75) is 26.2 Å². The summed E-state index contributed by atoms with van der Waals surface area (Å²) in [5, 5.41) is 2.94. The first-order valence-corrected chi connectivity index (χ1v) is 9.65. The van der Waals surface area contributed by atoms with Gasteiger partial charge in [-0.15, -0.1) is 0 Å². The normalized spacial score (nSPS) is 15.9. The van der Waals surface area contributed by atoms with Gasteiger partial charge in [-0.3, -0.25) is 19.3 Å². The summed E-state index contributed by atoms with van der Waals surface area (Å²) in [6.07, 6.45) is 2.38. The van der Waals surface area contributed by atoms with Crippen LogP contribution in [0.1, 0.15) is 45.5 Å². The number of nitrogens with one attached hydrogen (secondary N) is 1. The van der Waals surface area contributed by atoms with Crippen LogP contribution in [0.5, 0.6) is 0 Å². The number of benzene rings is 2. The number of hydrogen-bond acceptors (Lipinski definition) is 4. The third-order valence-electron chi connectivity index (χ3n) is 5.31. The van der Waals surface area contributed by atoms with Gasteiger partial charge in [-0.25, -0.2) is 0 Å². The Hall–Kier alpha value is -3.15. The zero-order valence-electron chi connectivity index (χ0n) is 15.9. The van der Waals surface area contributed by atoms with Gasteiger partial charge in [0.05, 0.1) is 22.5 Å². The number of carbonyl (C=O) groups is 3. The van der Waals surface area contributed by atoms with Gasteiger partial charge in [-0.05, 0) is 44.0 Å². The molecular formula is C22H23N3O3. The van der Waals surface area contributed by atoms with Crippen LogP contribution in [0, 0.1) is 6.92 Å². The number of anilines is 2. The quantitative estimate of drug-likeness (QED) is 0.813. The largest absolute Gasteiger partial charge is 0.370 e. The number of para-hydroxylation sites is 2. The smallest absolute Gasteiger partial charge is 0.261 e. The molecule has 2 aliphatic heterocycles. The van der Waals surface area contributed by atoms with Crippen LogP contribution in [-0.4, -0.2) is 42.3 Å². The van der Waals surface area contributed by atoms with E-state index in [9.17, 15) is 14.4 Å². The molecule has 3 amide bonds. The summed E-state index contributed by atoms with van der Waals surface area (Å²) in [5.41, 5.74) is 3.55. The molecule has 0 radical (unpaired) electrons. The van der Waals surface area contributed by atoms with Crippen molar-refractivity contribution in [3.05, 3.63) is 59.2 Å². The van der Waals surface area contributed by atoms with Crippen LogP contribution in [0.4, 0.5) is 11.4 Å². The van der Waals surface area contributed by atoms with Crippen molar-refractivity contribution in [1.29, 1.82) is 0 Å². The molecule has 0 spiro atoms. The van der Waals surface area contributed by atoms with Crippen LogP contribution in [0.3, 0.4) is 0 Å². The maximum Gasteiger partial charge on any atom is 0.261 e. The van der Waals surface area contributed by atoms with Gasteiger partial charge in [0.1, 0.15) is 0 Å². The van der Waals surface area contributed by atoms with E-state index in [2.05, 4.69) is 10.2 Å². The van der Waals surface area contributed by atoms with Crippen molar-refractivity contribution < 1.29 is 14.4 Å². The van der Waals surface area contributed by atoms with Gasteiger partial charge < -0.3 is 10.2 Å². The molecule has 0 saturated carbocycles. The van der Waals surface area contributed by atoms with Crippen LogP contribution < -0.4 is 10.2 Å². The molecule has 2 heterocycles. The Morgan fingerprint density at radius 1 is 1.00 bits per heavy atom. The first-order chi connectivity index (χ1) is 13.5. The average molecular weight is 377 g/mol. The highest BCUT2D eigenvalue weighted by Gasteiger charge is 2.35. The Balaban J connectivity index is 1.41. The molecule has 2 aliphatic rings. The topological polar surface area (TPSA) is 69.7 Å². The Morgan fingerprint density at radius 3 is 2.50 bits per heavy atom. The molecule has 144 valence electrons. The third-order valence-corrected chi connectivity index (χ3v) is 5.31.